The first-order valence-corrected chi connectivity index (χ1v) is 10.9. The summed E-state index contributed by atoms with van der Waals surface area (Å²) >= 11 is 1.75. The Morgan fingerprint density at radius 1 is 1.12 bits per heavy atom. The predicted molar refractivity (Wildman–Crippen MR) is 98.5 cm³/mol. The quantitative estimate of drug-likeness (QED) is 0.825. The molecule has 1 aromatic heterocycles. The molecule has 1 atom stereocenters. The van der Waals surface area contributed by atoms with E-state index >= 15 is 0 Å². The highest BCUT2D eigenvalue weighted by molar-refractivity contribution is 7.14. The lowest BCUT2D eigenvalue weighted by molar-refractivity contribution is -0.0687. The van der Waals surface area contributed by atoms with Gasteiger partial charge >= 0.3 is 0 Å². The molecule has 4 fully saturated rings. The zero-order valence-corrected chi connectivity index (χ0v) is 15.6. The van der Waals surface area contributed by atoms with Crippen molar-refractivity contribution in [2.45, 2.75) is 77.2 Å². The molecule has 0 aliphatic heterocycles. The lowest BCUT2D eigenvalue weighted by atomic mass is 9.48. The minimum absolute atomic E-state index is 0.192. The van der Waals surface area contributed by atoms with E-state index < -0.39 is 0 Å². The van der Waals surface area contributed by atoms with Crippen molar-refractivity contribution in [1.29, 1.82) is 0 Å². The lowest BCUT2D eigenvalue weighted by Crippen LogP contribution is -2.55. The van der Waals surface area contributed by atoms with Crippen LogP contribution in [0.2, 0.25) is 0 Å². The number of carbonyl (C=O) groups is 1. The molecule has 0 saturated heterocycles. The largest absolute Gasteiger partial charge is 0.348 e. The summed E-state index contributed by atoms with van der Waals surface area (Å²) in [6.45, 7) is 2.29. The van der Waals surface area contributed by atoms with E-state index in [2.05, 4.69) is 18.3 Å². The number of fused-ring (bicyclic) bond motifs is 1. The van der Waals surface area contributed by atoms with E-state index in [0.29, 0.717) is 11.5 Å². The number of aryl methyl sites for hydroxylation is 2. The van der Waals surface area contributed by atoms with Gasteiger partial charge in [-0.2, -0.15) is 0 Å². The molecule has 1 N–H and O–H groups in total. The van der Waals surface area contributed by atoms with Crippen molar-refractivity contribution >= 4 is 17.2 Å². The SMILES string of the molecule is C[C@H](NC(=O)c1cc2c(s1)CCCC2)C12CC3CC(CC(C3)C1)C2. The second-order valence-electron chi connectivity index (χ2n) is 9.24. The Morgan fingerprint density at radius 3 is 2.38 bits per heavy atom. The number of rotatable bonds is 3. The number of hydrogen-bond acceptors (Lipinski definition) is 2. The standard InChI is InChI=1S/C21H29NOS/c1-13(21-10-14-6-15(11-21)8-16(7-14)12-21)22-20(23)19-9-17-4-2-3-5-18(17)24-19/h9,13-16H,2-8,10-12H2,1H3,(H,22,23)/t13-,14?,15?,16?,21?/m0/s1. The minimum Gasteiger partial charge on any atom is -0.348 e. The molecule has 0 spiro atoms. The molecule has 6 rings (SSSR count). The summed E-state index contributed by atoms with van der Waals surface area (Å²) in [5, 5.41) is 3.43. The van der Waals surface area contributed by atoms with Gasteiger partial charge in [0.25, 0.3) is 5.91 Å². The van der Waals surface area contributed by atoms with Gasteiger partial charge in [0.2, 0.25) is 0 Å². The number of nitrogens with one attached hydrogen (secondary N) is 1. The van der Waals surface area contributed by atoms with Crippen LogP contribution < -0.4 is 5.32 Å². The first-order valence-electron chi connectivity index (χ1n) is 10.0. The van der Waals surface area contributed by atoms with Gasteiger partial charge in [-0.3, -0.25) is 4.79 Å². The summed E-state index contributed by atoms with van der Waals surface area (Å²) < 4.78 is 0. The normalized spacial score (nSPS) is 38.0. The fourth-order valence-electron chi connectivity index (χ4n) is 6.73. The van der Waals surface area contributed by atoms with E-state index in [-0.39, 0.29) is 5.91 Å². The summed E-state index contributed by atoms with van der Waals surface area (Å²) in [5.41, 5.74) is 1.85. The summed E-state index contributed by atoms with van der Waals surface area (Å²) in [6.07, 6.45) is 13.4. The average molecular weight is 344 g/mol. The van der Waals surface area contributed by atoms with Gasteiger partial charge in [-0.15, -0.1) is 11.3 Å². The molecule has 4 bridgehead atoms. The third-order valence-corrected chi connectivity index (χ3v) is 8.81. The Labute approximate surface area is 149 Å². The lowest BCUT2D eigenvalue weighted by Gasteiger charge is -2.59. The van der Waals surface area contributed by atoms with Crippen molar-refractivity contribution in [3.05, 3.63) is 21.4 Å². The van der Waals surface area contributed by atoms with Crippen LogP contribution in [0.1, 0.15) is 78.4 Å². The van der Waals surface area contributed by atoms with Crippen LogP contribution in [0.4, 0.5) is 0 Å². The molecule has 5 aliphatic rings. The highest BCUT2D eigenvalue weighted by Gasteiger charge is 2.53. The van der Waals surface area contributed by atoms with Crippen LogP contribution in [0.25, 0.3) is 0 Å². The van der Waals surface area contributed by atoms with Crippen LogP contribution in [0, 0.1) is 23.2 Å². The van der Waals surface area contributed by atoms with Gasteiger partial charge in [0.15, 0.2) is 0 Å². The van der Waals surface area contributed by atoms with E-state index in [9.17, 15) is 4.79 Å². The average Bonchev–Trinajstić information content (AvgIpc) is 2.97. The summed E-state index contributed by atoms with van der Waals surface area (Å²) in [5.74, 6) is 3.04. The monoisotopic (exact) mass is 343 g/mol. The van der Waals surface area contributed by atoms with Crippen molar-refractivity contribution in [3.63, 3.8) is 0 Å². The van der Waals surface area contributed by atoms with Gasteiger partial charge < -0.3 is 5.32 Å². The van der Waals surface area contributed by atoms with Crippen LogP contribution in [0.3, 0.4) is 0 Å². The zero-order chi connectivity index (χ0) is 16.3. The van der Waals surface area contributed by atoms with Gasteiger partial charge in [-0.25, -0.2) is 0 Å². The number of thiophene rings is 1. The van der Waals surface area contributed by atoms with Crippen LogP contribution in [0.5, 0.6) is 0 Å². The molecule has 0 radical (unpaired) electrons. The minimum atomic E-state index is 0.192. The van der Waals surface area contributed by atoms with E-state index in [1.807, 2.05) is 0 Å². The molecule has 0 aromatic carbocycles. The Balaban J connectivity index is 1.32. The van der Waals surface area contributed by atoms with Crippen molar-refractivity contribution in [3.8, 4) is 0 Å². The highest BCUT2D eigenvalue weighted by Crippen LogP contribution is 2.61. The fraction of sp³-hybridized carbons (Fsp3) is 0.762. The molecule has 24 heavy (non-hydrogen) atoms. The van der Waals surface area contributed by atoms with E-state index in [1.165, 1.54) is 74.6 Å². The van der Waals surface area contributed by atoms with Crippen molar-refractivity contribution in [2.75, 3.05) is 0 Å². The van der Waals surface area contributed by atoms with Crippen molar-refractivity contribution in [2.24, 2.45) is 23.2 Å². The molecule has 2 nitrogen and oxygen atoms in total. The summed E-state index contributed by atoms with van der Waals surface area (Å²) in [4.78, 5) is 15.3. The number of amides is 1. The maximum Gasteiger partial charge on any atom is 0.261 e. The topological polar surface area (TPSA) is 29.1 Å². The Morgan fingerprint density at radius 2 is 1.75 bits per heavy atom. The molecular formula is C21H29NOS. The molecule has 3 heteroatoms. The van der Waals surface area contributed by atoms with E-state index in [1.54, 1.807) is 11.3 Å². The van der Waals surface area contributed by atoms with Crippen molar-refractivity contribution in [1.82, 2.24) is 5.32 Å². The third-order valence-electron chi connectivity index (χ3n) is 7.57. The van der Waals surface area contributed by atoms with Gasteiger partial charge in [0.1, 0.15) is 0 Å². The summed E-state index contributed by atoms with van der Waals surface area (Å²) in [7, 11) is 0. The van der Waals surface area contributed by atoms with Crippen molar-refractivity contribution < 1.29 is 4.79 Å². The number of hydrogen-bond donors (Lipinski definition) is 1. The fourth-order valence-corrected chi connectivity index (χ4v) is 7.89. The molecule has 1 aromatic rings. The maximum atomic E-state index is 12.9. The summed E-state index contributed by atoms with van der Waals surface area (Å²) in [6, 6.07) is 2.51. The molecule has 1 amide bonds. The zero-order valence-electron chi connectivity index (χ0n) is 14.8. The van der Waals surface area contributed by atoms with Gasteiger partial charge in [-0.1, -0.05) is 0 Å². The van der Waals surface area contributed by atoms with Gasteiger partial charge in [-0.05, 0) is 106 Å². The second-order valence-corrected chi connectivity index (χ2v) is 10.4. The first-order chi connectivity index (χ1) is 11.6. The first kappa shape index (κ1) is 15.4. The van der Waals surface area contributed by atoms with Crippen LogP contribution in [-0.4, -0.2) is 11.9 Å². The molecule has 1 heterocycles. The van der Waals surface area contributed by atoms with Gasteiger partial charge in [0, 0.05) is 10.9 Å². The highest BCUT2D eigenvalue weighted by atomic mass is 32.1. The molecule has 0 unspecified atom stereocenters. The predicted octanol–water partition coefficient (Wildman–Crippen LogP) is 4.96. The van der Waals surface area contributed by atoms with Gasteiger partial charge in [0.05, 0.1) is 4.88 Å². The molecule has 4 saturated carbocycles. The Bertz CT molecular complexity index is 602. The van der Waals surface area contributed by atoms with Crippen LogP contribution in [-0.2, 0) is 12.8 Å². The maximum absolute atomic E-state index is 12.9. The number of carbonyl (C=O) groups excluding carboxylic acids is 1. The Hall–Kier alpha value is -0.830. The van der Waals surface area contributed by atoms with Crippen LogP contribution in [0.15, 0.2) is 6.07 Å². The third kappa shape index (κ3) is 2.46. The molecule has 5 aliphatic carbocycles. The van der Waals surface area contributed by atoms with E-state index in [0.717, 1.165) is 22.6 Å². The molecule has 130 valence electrons. The van der Waals surface area contributed by atoms with Crippen LogP contribution >= 0.6 is 11.3 Å². The van der Waals surface area contributed by atoms with E-state index in [4.69, 9.17) is 0 Å². The smallest absolute Gasteiger partial charge is 0.261 e. The molecular weight excluding hydrogens is 314 g/mol. The second kappa shape index (κ2) is 5.59. The Kier molecular flexibility index (Phi) is 3.59.